The highest BCUT2D eigenvalue weighted by atomic mass is 32.2. The average molecular weight is 250 g/mol. The molecular formula is C12H14N2O2S. The predicted molar refractivity (Wildman–Crippen MR) is 64.6 cm³/mol. The zero-order valence-electron chi connectivity index (χ0n) is 10.0. The van der Waals surface area contributed by atoms with Crippen molar-refractivity contribution in [2.45, 2.75) is 23.9 Å². The Labute approximate surface area is 101 Å². The van der Waals surface area contributed by atoms with E-state index in [1.54, 1.807) is 48.9 Å². The molecule has 0 spiro atoms. The van der Waals surface area contributed by atoms with Crippen LogP contribution >= 0.6 is 0 Å². The summed E-state index contributed by atoms with van der Waals surface area (Å²) < 4.78 is 26.3. The van der Waals surface area contributed by atoms with E-state index in [0.717, 1.165) is 11.4 Å². The van der Waals surface area contributed by atoms with Crippen LogP contribution in [-0.2, 0) is 16.9 Å². The second kappa shape index (κ2) is 4.00. The summed E-state index contributed by atoms with van der Waals surface area (Å²) in [5.41, 5.74) is 1.60. The van der Waals surface area contributed by atoms with E-state index in [1.807, 2.05) is 6.92 Å². The van der Waals surface area contributed by atoms with Crippen LogP contribution in [0.25, 0.3) is 0 Å². The molecule has 0 fully saturated rings. The lowest BCUT2D eigenvalue weighted by Gasteiger charge is -2.04. The quantitative estimate of drug-likeness (QED) is 0.817. The van der Waals surface area contributed by atoms with Gasteiger partial charge in [-0.2, -0.15) is 0 Å². The molecule has 0 saturated heterocycles. The van der Waals surface area contributed by atoms with Crippen LogP contribution in [0.4, 0.5) is 0 Å². The first-order valence-corrected chi connectivity index (χ1v) is 6.73. The molecule has 0 N–H and O–H groups in total. The summed E-state index contributed by atoms with van der Waals surface area (Å²) in [6.45, 7) is 3.66. The smallest absolute Gasteiger partial charge is 0.240 e. The third-order valence-electron chi connectivity index (χ3n) is 2.87. The van der Waals surface area contributed by atoms with E-state index in [4.69, 9.17) is 0 Å². The van der Waals surface area contributed by atoms with Crippen LogP contribution in [0, 0.1) is 13.8 Å². The van der Waals surface area contributed by atoms with Gasteiger partial charge in [0.1, 0.15) is 0 Å². The molecule has 4 nitrogen and oxygen atoms in total. The van der Waals surface area contributed by atoms with Gasteiger partial charge >= 0.3 is 0 Å². The van der Waals surface area contributed by atoms with Gasteiger partial charge in [0, 0.05) is 12.7 Å². The molecule has 0 radical (unpaired) electrons. The molecule has 0 bridgehead atoms. The van der Waals surface area contributed by atoms with Gasteiger partial charge in [-0.3, -0.25) is 0 Å². The summed E-state index contributed by atoms with van der Waals surface area (Å²) in [6, 6.07) is 8.35. The van der Waals surface area contributed by atoms with E-state index in [9.17, 15) is 8.42 Å². The van der Waals surface area contributed by atoms with Gasteiger partial charge in [0.2, 0.25) is 15.0 Å². The third kappa shape index (κ3) is 1.86. The number of imidazole rings is 1. The zero-order chi connectivity index (χ0) is 12.6. The third-order valence-corrected chi connectivity index (χ3v) is 4.61. The summed E-state index contributed by atoms with van der Waals surface area (Å²) in [5, 5.41) is 0.0960. The summed E-state index contributed by atoms with van der Waals surface area (Å²) in [7, 11) is -1.81. The van der Waals surface area contributed by atoms with Crippen LogP contribution in [0.5, 0.6) is 0 Å². The van der Waals surface area contributed by atoms with Gasteiger partial charge in [-0.05, 0) is 26.0 Å². The number of hydrogen-bond acceptors (Lipinski definition) is 3. The molecule has 17 heavy (non-hydrogen) atoms. The lowest BCUT2D eigenvalue weighted by atomic mass is 10.4. The van der Waals surface area contributed by atoms with E-state index in [2.05, 4.69) is 4.98 Å². The molecular weight excluding hydrogens is 236 g/mol. The van der Waals surface area contributed by atoms with Crippen LogP contribution in [-0.4, -0.2) is 18.0 Å². The number of sulfone groups is 1. The van der Waals surface area contributed by atoms with Crippen molar-refractivity contribution in [3.8, 4) is 0 Å². The highest BCUT2D eigenvalue weighted by Gasteiger charge is 2.24. The molecule has 0 aliphatic carbocycles. The van der Waals surface area contributed by atoms with Crippen molar-refractivity contribution in [1.82, 2.24) is 9.55 Å². The number of aromatic nitrogens is 2. The van der Waals surface area contributed by atoms with Gasteiger partial charge in [0.05, 0.1) is 10.6 Å². The maximum Gasteiger partial charge on any atom is 0.240 e. The van der Waals surface area contributed by atoms with Gasteiger partial charge in [0.15, 0.2) is 0 Å². The Morgan fingerprint density at radius 3 is 2.18 bits per heavy atom. The van der Waals surface area contributed by atoms with Crippen molar-refractivity contribution in [3.63, 3.8) is 0 Å². The Morgan fingerprint density at radius 1 is 1.12 bits per heavy atom. The SMILES string of the molecule is Cc1nc(S(=O)(=O)c2ccccc2)n(C)c1C. The minimum absolute atomic E-state index is 0.0960. The summed E-state index contributed by atoms with van der Waals surface area (Å²) in [5.74, 6) is 0. The molecule has 90 valence electrons. The van der Waals surface area contributed by atoms with Crippen LogP contribution < -0.4 is 0 Å². The molecule has 0 aliphatic rings. The normalized spacial score (nSPS) is 11.7. The van der Waals surface area contributed by atoms with E-state index in [-0.39, 0.29) is 10.1 Å². The topological polar surface area (TPSA) is 52.0 Å². The Kier molecular flexibility index (Phi) is 2.79. The van der Waals surface area contributed by atoms with Gasteiger partial charge in [0.25, 0.3) is 0 Å². The fraction of sp³-hybridized carbons (Fsp3) is 0.250. The molecule has 0 unspecified atom stereocenters. The molecule has 1 heterocycles. The molecule has 0 atom stereocenters. The maximum absolute atomic E-state index is 12.3. The molecule has 2 rings (SSSR count). The predicted octanol–water partition coefficient (Wildman–Crippen LogP) is 1.87. The minimum Gasteiger partial charge on any atom is -0.322 e. The van der Waals surface area contributed by atoms with E-state index >= 15 is 0 Å². The Balaban J connectivity index is 2.65. The van der Waals surface area contributed by atoms with Crippen LogP contribution in [0.2, 0.25) is 0 Å². The number of aryl methyl sites for hydroxylation is 1. The fourth-order valence-corrected chi connectivity index (χ4v) is 3.11. The average Bonchev–Trinajstić information content (AvgIpc) is 2.59. The first-order chi connectivity index (χ1) is 7.94. The van der Waals surface area contributed by atoms with Crippen LogP contribution in [0.3, 0.4) is 0 Å². The Hall–Kier alpha value is -1.62. The van der Waals surface area contributed by atoms with E-state index in [1.165, 1.54) is 0 Å². The first-order valence-electron chi connectivity index (χ1n) is 5.24. The molecule has 0 saturated carbocycles. The van der Waals surface area contributed by atoms with Crippen molar-refractivity contribution < 1.29 is 8.42 Å². The largest absolute Gasteiger partial charge is 0.322 e. The number of benzene rings is 1. The van der Waals surface area contributed by atoms with Crippen molar-refractivity contribution in [3.05, 3.63) is 41.7 Å². The van der Waals surface area contributed by atoms with E-state index in [0.29, 0.717) is 0 Å². The fourth-order valence-electron chi connectivity index (χ4n) is 1.63. The molecule has 2 aromatic rings. The van der Waals surface area contributed by atoms with Gasteiger partial charge in [-0.15, -0.1) is 0 Å². The molecule has 0 amide bonds. The zero-order valence-corrected chi connectivity index (χ0v) is 10.8. The van der Waals surface area contributed by atoms with Crippen molar-refractivity contribution in [2.75, 3.05) is 0 Å². The van der Waals surface area contributed by atoms with Crippen molar-refractivity contribution in [1.29, 1.82) is 0 Å². The highest BCUT2D eigenvalue weighted by molar-refractivity contribution is 7.91. The maximum atomic E-state index is 12.3. The second-order valence-corrected chi connectivity index (χ2v) is 5.78. The van der Waals surface area contributed by atoms with Gasteiger partial charge in [-0.25, -0.2) is 13.4 Å². The Bertz CT molecular complexity index is 643. The highest BCUT2D eigenvalue weighted by Crippen LogP contribution is 2.21. The first kappa shape index (κ1) is 11.9. The number of nitrogens with zero attached hydrogens (tertiary/aromatic N) is 2. The van der Waals surface area contributed by atoms with Crippen LogP contribution in [0.15, 0.2) is 40.4 Å². The number of rotatable bonds is 2. The molecule has 1 aromatic carbocycles. The lowest BCUT2D eigenvalue weighted by Crippen LogP contribution is -2.09. The lowest BCUT2D eigenvalue weighted by molar-refractivity contribution is 0.577. The summed E-state index contributed by atoms with van der Waals surface area (Å²) in [6.07, 6.45) is 0. The molecule has 0 aliphatic heterocycles. The van der Waals surface area contributed by atoms with Crippen LogP contribution in [0.1, 0.15) is 11.4 Å². The van der Waals surface area contributed by atoms with Gasteiger partial charge in [-0.1, -0.05) is 18.2 Å². The van der Waals surface area contributed by atoms with E-state index < -0.39 is 9.84 Å². The molecule has 1 aromatic heterocycles. The second-order valence-electron chi connectivity index (χ2n) is 3.94. The monoisotopic (exact) mass is 250 g/mol. The van der Waals surface area contributed by atoms with Gasteiger partial charge < -0.3 is 4.57 Å². The summed E-state index contributed by atoms with van der Waals surface area (Å²) >= 11 is 0. The number of hydrogen-bond donors (Lipinski definition) is 0. The summed E-state index contributed by atoms with van der Waals surface area (Å²) in [4.78, 5) is 4.40. The van der Waals surface area contributed by atoms with Crippen molar-refractivity contribution in [2.24, 2.45) is 7.05 Å². The Morgan fingerprint density at radius 2 is 1.71 bits per heavy atom. The van der Waals surface area contributed by atoms with Crippen molar-refractivity contribution >= 4 is 9.84 Å². The minimum atomic E-state index is -3.52. The standard InChI is InChI=1S/C12H14N2O2S/c1-9-10(2)14(3)12(13-9)17(15,16)11-7-5-4-6-8-11/h4-8H,1-3H3. The molecule has 5 heteroatoms.